The molecular weight excluding hydrogens is 388 g/mol. The van der Waals surface area contributed by atoms with Gasteiger partial charge in [-0.05, 0) is 58.6 Å². The molecule has 31 heavy (non-hydrogen) atoms. The van der Waals surface area contributed by atoms with Crippen molar-refractivity contribution in [3.05, 3.63) is 64.2 Å². The first-order valence-corrected chi connectivity index (χ1v) is 10.6. The highest BCUT2D eigenvalue weighted by atomic mass is 16.5. The second kappa shape index (κ2) is 8.62. The molecule has 4 heteroatoms. The number of methoxy groups -OCH3 is 2. The Labute approximate surface area is 185 Å². The summed E-state index contributed by atoms with van der Waals surface area (Å²) in [6.07, 6.45) is 9.00. The van der Waals surface area contributed by atoms with Gasteiger partial charge in [0.25, 0.3) is 0 Å². The van der Waals surface area contributed by atoms with Crippen molar-refractivity contribution in [2.45, 2.75) is 51.4 Å². The summed E-state index contributed by atoms with van der Waals surface area (Å²) >= 11 is 0. The monoisotopic (exact) mass is 420 g/mol. The second-order valence-electron chi connectivity index (χ2n) is 9.39. The van der Waals surface area contributed by atoms with Crippen LogP contribution in [0.2, 0.25) is 0 Å². The van der Waals surface area contributed by atoms with Gasteiger partial charge in [0.05, 0.1) is 19.8 Å². The van der Waals surface area contributed by atoms with E-state index >= 15 is 0 Å². The molecule has 0 unspecified atom stereocenters. The fourth-order valence-corrected chi connectivity index (χ4v) is 4.34. The van der Waals surface area contributed by atoms with Gasteiger partial charge in [0.15, 0.2) is 0 Å². The van der Waals surface area contributed by atoms with Gasteiger partial charge in [0, 0.05) is 11.6 Å². The number of fused-ring (bicyclic) bond motifs is 1. The highest BCUT2D eigenvalue weighted by Crippen LogP contribution is 2.52. The van der Waals surface area contributed by atoms with Crippen molar-refractivity contribution in [1.82, 2.24) is 0 Å². The van der Waals surface area contributed by atoms with Crippen molar-refractivity contribution in [1.29, 1.82) is 0 Å². The largest absolute Gasteiger partial charge is 0.496 e. The van der Waals surface area contributed by atoms with E-state index < -0.39 is 5.97 Å². The van der Waals surface area contributed by atoms with Gasteiger partial charge >= 0.3 is 5.97 Å². The molecule has 4 nitrogen and oxygen atoms in total. The zero-order valence-corrected chi connectivity index (χ0v) is 19.3. The lowest BCUT2D eigenvalue weighted by molar-refractivity contribution is -0.131. The molecule has 0 atom stereocenters. The normalized spacial score (nSPS) is 17.0. The number of rotatable bonds is 6. The molecule has 0 fully saturated rings. The number of benzene rings is 2. The van der Waals surface area contributed by atoms with Crippen molar-refractivity contribution in [3.8, 4) is 11.5 Å². The maximum Gasteiger partial charge on any atom is 0.328 e. The Morgan fingerprint density at radius 2 is 1.48 bits per heavy atom. The van der Waals surface area contributed by atoms with E-state index in [1.807, 2.05) is 36.4 Å². The average Bonchev–Trinajstić information content (AvgIpc) is 2.73. The van der Waals surface area contributed by atoms with Crippen molar-refractivity contribution < 1.29 is 19.4 Å². The second-order valence-corrected chi connectivity index (χ2v) is 9.39. The summed E-state index contributed by atoms with van der Waals surface area (Å²) in [6, 6.07) is 9.89. The maximum absolute atomic E-state index is 10.7. The van der Waals surface area contributed by atoms with E-state index in [9.17, 15) is 4.79 Å². The van der Waals surface area contributed by atoms with Crippen LogP contribution in [0.25, 0.3) is 18.2 Å². The van der Waals surface area contributed by atoms with Crippen LogP contribution in [0, 0.1) is 0 Å². The summed E-state index contributed by atoms with van der Waals surface area (Å²) in [6.45, 7) is 9.14. The Bertz CT molecular complexity index is 1020. The predicted molar refractivity (Wildman–Crippen MR) is 127 cm³/mol. The third kappa shape index (κ3) is 4.68. The van der Waals surface area contributed by atoms with Gasteiger partial charge in [0.1, 0.15) is 11.5 Å². The first-order valence-electron chi connectivity index (χ1n) is 10.6. The Morgan fingerprint density at radius 1 is 0.903 bits per heavy atom. The molecule has 0 radical (unpaired) electrons. The SMILES string of the molecule is COc1cc2c(c(OC)c1/C=C/c1ccc(/C=C/C(=O)O)cc1)C(C)(C)CCC2(C)C. The standard InChI is InChI=1S/C27H32O4/c1-26(2)15-16-27(3,4)24-21(26)17-22(30-5)20(25(24)31-6)13-11-18-7-9-19(10-8-18)12-14-23(28)29/h7-14,17H,15-16H2,1-6H3,(H,28,29)/b13-11+,14-12+. The van der Waals surface area contributed by atoms with E-state index in [2.05, 4.69) is 33.8 Å². The topological polar surface area (TPSA) is 55.8 Å². The summed E-state index contributed by atoms with van der Waals surface area (Å²) in [4.78, 5) is 10.7. The van der Waals surface area contributed by atoms with Crippen LogP contribution in [0.4, 0.5) is 0 Å². The van der Waals surface area contributed by atoms with Gasteiger partial charge in [-0.2, -0.15) is 0 Å². The lowest BCUT2D eigenvalue weighted by Gasteiger charge is -2.43. The first kappa shape index (κ1) is 22.7. The summed E-state index contributed by atoms with van der Waals surface area (Å²) in [5, 5.41) is 8.77. The van der Waals surface area contributed by atoms with Gasteiger partial charge in [0.2, 0.25) is 0 Å². The van der Waals surface area contributed by atoms with Gasteiger partial charge in [-0.3, -0.25) is 0 Å². The molecule has 1 aliphatic carbocycles. The van der Waals surface area contributed by atoms with Gasteiger partial charge in [-0.25, -0.2) is 4.79 Å². The number of aliphatic carboxylic acids is 1. The third-order valence-electron chi connectivity index (χ3n) is 6.28. The summed E-state index contributed by atoms with van der Waals surface area (Å²) in [5.74, 6) is 0.727. The van der Waals surface area contributed by atoms with E-state index in [0.717, 1.165) is 47.1 Å². The summed E-state index contributed by atoms with van der Waals surface area (Å²) < 4.78 is 11.8. The molecule has 164 valence electrons. The fourth-order valence-electron chi connectivity index (χ4n) is 4.34. The van der Waals surface area contributed by atoms with Crippen LogP contribution in [-0.2, 0) is 15.6 Å². The minimum atomic E-state index is -0.957. The van der Waals surface area contributed by atoms with Crippen molar-refractivity contribution in [3.63, 3.8) is 0 Å². The van der Waals surface area contributed by atoms with Crippen molar-refractivity contribution in [2.75, 3.05) is 14.2 Å². The molecule has 0 saturated heterocycles. The van der Waals surface area contributed by atoms with Crippen molar-refractivity contribution in [2.24, 2.45) is 0 Å². The smallest absolute Gasteiger partial charge is 0.328 e. The Hall–Kier alpha value is -3.01. The van der Waals surface area contributed by atoms with Crippen LogP contribution in [0.1, 0.15) is 68.4 Å². The first-order chi connectivity index (χ1) is 14.6. The van der Waals surface area contributed by atoms with E-state index in [1.165, 1.54) is 11.1 Å². The number of hydrogen-bond acceptors (Lipinski definition) is 3. The molecule has 0 aromatic heterocycles. The van der Waals surface area contributed by atoms with Gasteiger partial charge < -0.3 is 14.6 Å². The number of carbonyl (C=O) groups is 1. The Morgan fingerprint density at radius 3 is 2.03 bits per heavy atom. The Kier molecular flexibility index (Phi) is 6.30. The fraction of sp³-hybridized carbons (Fsp3) is 0.370. The third-order valence-corrected chi connectivity index (χ3v) is 6.28. The van der Waals surface area contributed by atoms with Crippen LogP contribution in [0.3, 0.4) is 0 Å². The van der Waals surface area contributed by atoms with E-state index in [1.54, 1.807) is 20.3 Å². The molecule has 0 spiro atoms. The van der Waals surface area contributed by atoms with Crippen LogP contribution in [0.5, 0.6) is 11.5 Å². The predicted octanol–water partition coefficient (Wildman–Crippen LogP) is 6.32. The maximum atomic E-state index is 10.7. The lowest BCUT2D eigenvalue weighted by Crippen LogP contribution is -2.34. The molecule has 2 aromatic carbocycles. The highest BCUT2D eigenvalue weighted by molar-refractivity contribution is 5.85. The molecule has 2 aromatic rings. The molecule has 0 heterocycles. The van der Waals surface area contributed by atoms with Crippen LogP contribution in [0.15, 0.2) is 36.4 Å². The van der Waals surface area contributed by atoms with Gasteiger partial charge in [-0.1, -0.05) is 58.0 Å². The number of ether oxygens (including phenoxy) is 2. The number of hydrogen-bond donors (Lipinski definition) is 1. The minimum Gasteiger partial charge on any atom is -0.496 e. The van der Waals surface area contributed by atoms with E-state index in [0.29, 0.717) is 0 Å². The molecule has 0 aliphatic heterocycles. The summed E-state index contributed by atoms with van der Waals surface area (Å²) in [7, 11) is 3.43. The van der Waals surface area contributed by atoms with Crippen LogP contribution >= 0.6 is 0 Å². The number of carboxylic acids is 1. The molecular formula is C27H32O4. The van der Waals surface area contributed by atoms with Crippen molar-refractivity contribution >= 4 is 24.2 Å². The zero-order chi connectivity index (χ0) is 22.8. The molecule has 0 bridgehead atoms. The molecule has 0 amide bonds. The molecule has 3 rings (SSSR count). The van der Waals surface area contributed by atoms with Crippen LogP contribution in [-0.4, -0.2) is 25.3 Å². The highest BCUT2D eigenvalue weighted by Gasteiger charge is 2.40. The van der Waals surface area contributed by atoms with Crippen LogP contribution < -0.4 is 9.47 Å². The lowest BCUT2D eigenvalue weighted by atomic mass is 9.62. The minimum absolute atomic E-state index is 0.0170. The van der Waals surface area contributed by atoms with E-state index in [-0.39, 0.29) is 10.8 Å². The summed E-state index contributed by atoms with van der Waals surface area (Å²) in [5.41, 5.74) is 5.42. The molecule has 0 saturated carbocycles. The number of carboxylic acid groups (broad SMARTS) is 1. The Balaban J connectivity index is 2.06. The van der Waals surface area contributed by atoms with E-state index in [4.69, 9.17) is 14.6 Å². The zero-order valence-electron chi connectivity index (χ0n) is 19.3. The average molecular weight is 421 g/mol. The quantitative estimate of drug-likeness (QED) is 0.439. The molecule has 1 aliphatic rings. The molecule has 1 N–H and O–H groups in total. The van der Waals surface area contributed by atoms with Gasteiger partial charge in [-0.15, -0.1) is 0 Å².